The van der Waals surface area contributed by atoms with E-state index in [1.807, 2.05) is 0 Å². The molecule has 1 N–H and O–H groups in total. The van der Waals surface area contributed by atoms with E-state index in [1.54, 1.807) is 0 Å². The van der Waals surface area contributed by atoms with Gasteiger partial charge in [0.1, 0.15) is 12.1 Å². The Morgan fingerprint density at radius 1 is 1.24 bits per heavy atom. The summed E-state index contributed by atoms with van der Waals surface area (Å²) < 4.78 is 64.7. The van der Waals surface area contributed by atoms with Gasteiger partial charge in [-0.05, 0) is 0 Å². The summed E-state index contributed by atoms with van der Waals surface area (Å²) in [6, 6.07) is 1.10. The number of halogens is 5. The lowest BCUT2D eigenvalue weighted by Gasteiger charge is -2.19. The molecule has 0 atom stereocenters. The molecule has 1 heterocycles. The molecule has 0 bridgehead atoms. The molecule has 0 saturated carbocycles. The van der Waals surface area contributed by atoms with Crippen molar-refractivity contribution in [2.45, 2.75) is 12.1 Å². The highest BCUT2D eigenvalue weighted by Crippen LogP contribution is 2.35. The van der Waals surface area contributed by atoms with Crippen LogP contribution in [0.3, 0.4) is 0 Å². The molecule has 0 aliphatic rings. The first kappa shape index (κ1) is 13.4. The molecule has 0 unspecified atom stereocenters. The van der Waals surface area contributed by atoms with Crippen molar-refractivity contribution in [2.24, 2.45) is 0 Å². The summed E-state index contributed by atoms with van der Waals surface area (Å²) in [5.74, 6) is -5.05. The van der Waals surface area contributed by atoms with Crippen LogP contribution in [0.15, 0.2) is 12.4 Å². The Kier molecular flexibility index (Phi) is 3.69. The fourth-order valence-corrected chi connectivity index (χ4v) is 0.802. The van der Waals surface area contributed by atoms with Gasteiger partial charge in [-0.15, -0.1) is 0 Å². The van der Waals surface area contributed by atoms with E-state index in [2.05, 4.69) is 20.0 Å². The van der Waals surface area contributed by atoms with E-state index < -0.39 is 18.7 Å². The summed E-state index contributed by atoms with van der Waals surface area (Å²) in [4.78, 5) is 7.04. The summed E-state index contributed by atoms with van der Waals surface area (Å²) in [5, 5.41) is 2.55. The van der Waals surface area contributed by atoms with E-state index in [0.29, 0.717) is 0 Å². The average Bonchev–Trinajstić information content (AvgIpc) is 2.25. The van der Waals surface area contributed by atoms with Crippen LogP contribution in [0.4, 0.5) is 27.8 Å². The molecule has 1 aromatic rings. The SMILES string of the molecule is CNc1cc(OCC(F)(F)C(F)(F)F)ncn1. The molecule has 0 spiro atoms. The molecular weight excluding hydrogens is 249 g/mol. The van der Waals surface area contributed by atoms with Gasteiger partial charge < -0.3 is 10.1 Å². The van der Waals surface area contributed by atoms with Crippen molar-refractivity contribution in [3.8, 4) is 5.88 Å². The van der Waals surface area contributed by atoms with Gasteiger partial charge in [0.25, 0.3) is 0 Å². The molecule has 0 aliphatic heterocycles. The van der Waals surface area contributed by atoms with Crippen molar-refractivity contribution in [2.75, 3.05) is 19.0 Å². The van der Waals surface area contributed by atoms with Crippen molar-refractivity contribution in [1.82, 2.24) is 9.97 Å². The maximum atomic E-state index is 12.5. The molecule has 17 heavy (non-hydrogen) atoms. The van der Waals surface area contributed by atoms with Crippen molar-refractivity contribution in [3.05, 3.63) is 12.4 Å². The van der Waals surface area contributed by atoms with Gasteiger partial charge in [-0.2, -0.15) is 22.0 Å². The van der Waals surface area contributed by atoms with E-state index in [4.69, 9.17) is 0 Å². The Balaban J connectivity index is 2.67. The van der Waals surface area contributed by atoms with Crippen LogP contribution in [0.25, 0.3) is 0 Å². The lowest BCUT2D eigenvalue weighted by Crippen LogP contribution is -2.41. The van der Waals surface area contributed by atoms with E-state index in [0.717, 1.165) is 12.4 Å². The molecule has 9 heteroatoms. The quantitative estimate of drug-likeness (QED) is 0.839. The molecule has 4 nitrogen and oxygen atoms in total. The molecule has 96 valence electrons. The summed E-state index contributed by atoms with van der Waals surface area (Å²) in [6.45, 7) is -1.82. The van der Waals surface area contributed by atoms with Crippen LogP contribution in [0.1, 0.15) is 0 Å². The highest BCUT2D eigenvalue weighted by Gasteiger charge is 2.58. The average molecular weight is 257 g/mol. The summed E-state index contributed by atoms with van der Waals surface area (Å²) in [5.41, 5.74) is 0. The number of hydrogen-bond acceptors (Lipinski definition) is 4. The topological polar surface area (TPSA) is 47.0 Å². The van der Waals surface area contributed by atoms with Crippen molar-refractivity contribution in [3.63, 3.8) is 0 Å². The fraction of sp³-hybridized carbons (Fsp3) is 0.500. The van der Waals surface area contributed by atoms with E-state index in [9.17, 15) is 22.0 Å². The lowest BCUT2D eigenvalue weighted by molar-refractivity contribution is -0.290. The Bertz CT molecular complexity index is 382. The number of alkyl halides is 5. The Morgan fingerprint density at radius 2 is 1.88 bits per heavy atom. The summed E-state index contributed by atoms with van der Waals surface area (Å²) in [7, 11) is 1.50. The summed E-state index contributed by atoms with van der Waals surface area (Å²) >= 11 is 0. The molecule has 1 rings (SSSR count). The first-order valence-corrected chi connectivity index (χ1v) is 4.33. The maximum Gasteiger partial charge on any atom is 0.456 e. The van der Waals surface area contributed by atoms with E-state index in [1.165, 1.54) is 7.05 Å². The third kappa shape index (κ3) is 3.40. The molecule has 0 radical (unpaired) electrons. The number of nitrogens with one attached hydrogen (secondary N) is 1. The van der Waals surface area contributed by atoms with Crippen molar-refractivity contribution in [1.29, 1.82) is 0 Å². The van der Waals surface area contributed by atoms with Gasteiger partial charge in [-0.1, -0.05) is 0 Å². The van der Waals surface area contributed by atoms with Gasteiger partial charge >= 0.3 is 12.1 Å². The molecule has 0 amide bonds. The number of aromatic nitrogens is 2. The number of rotatable bonds is 4. The van der Waals surface area contributed by atoms with Gasteiger partial charge in [-0.3, -0.25) is 0 Å². The highest BCUT2D eigenvalue weighted by molar-refractivity contribution is 5.35. The molecule has 1 aromatic heterocycles. The second-order valence-corrected chi connectivity index (χ2v) is 2.98. The fourth-order valence-electron chi connectivity index (χ4n) is 0.802. The second kappa shape index (κ2) is 4.68. The van der Waals surface area contributed by atoms with Gasteiger partial charge in [0.15, 0.2) is 6.61 Å². The minimum Gasteiger partial charge on any atom is -0.471 e. The van der Waals surface area contributed by atoms with Crippen molar-refractivity contribution >= 4 is 5.82 Å². The standard InChI is InChI=1S/C8H8F5N3O/c1-14-5-2-6(16-4-15-5)17-3-7(9,10)8(11,12)13/h2,4H,3H2,1H3,(H,14,15,16). The second-order valence-electron chi connectivity index (χ2n) is 2.98. The van der Waals surface area contributed by atoms with Gasteiger partial charge in [0.05, 0.1) is 0 Å². The zero-order valence-electron chi connectivity index (χ0n) is 8.55. The van der Waals surface area contributed by atoms with Crippen LogP contribution in [0.2, 0.25) is 0 Å². The van der Waals surface area contributed by atoms with E-state index >= 15 is 0 Å². The van der Waals surface area contributed by atoms with Crippen LogP contribution in [-0.2, 0) is 0 Å². The molecule has 0 saturated heterocycles. The van der Waals surface area contributed by atoms with Crippen LogP contribution >= 0.6 is 0 Å². The number of anilines is 1. The normalized spacial score (nSPS) is 12.4. The third-order valence-corrected chi connectivity index (χ3v) is 1.71. The number of hydrogen-bond donors (Lipinski definition) is 1. The number of nitrogens with zero attached hydrogens (tertiary/aromatic N) is 2. The zero-order chi connectivity index (χ0) is 13.1. The smallest absolute Gasteiger partial charge is 0.456 e. The predicted octanol–water partition coefficient (Wildman–Crippen LogP) is 2.09. The first-order valence-electron chi connectivity index (χ1n) is 4.33. The minimum absolute atomic E-state index is 0.241. The monoisotopic (exact) mass is 257 g/mol. The van der Waals surface area contributed by atoms with Crippen LogP contribution < -0.4 is 10.1 Å². The Labute approximate surface area is 92.8 Å². The number of ether oxygens (including phenoxy) is 1. The largest absolute Gasteiger partial charge is 0.471 e. The van der Waals surface area contributed by atoms with E-state index in [-0.39, 0.29) is 11.7 Å². The third-order valence-electron chi connectivity index (χ3n) is 1.71. The summed E-state index contributed by atoms with van der Waals surface area (Å²) in [6.07, 6.45) is -4.67. The molecular formula is C8H8F5N3O. The molecule has 0 aliphatic carbocycles. The van der Waals surface area contributed by atoms with Crippen LogP contribution in [0, 0.1) is 0 Å². The zero-order valence-corrected chi connectivity index (χ0v) is 8.55. The van der Waals surface area contributed by atoms with Gasteiger partial charge in [0.2, 0.25) is 5.88 Å². The Morgan fingerprint density at radius 3 is 2.41 bits per heavy atom. The molecule has 0 aromatic carbocycles. The predicted molar refractivity (Wildman–Crippen MR) is 48.1 cm³/mol. The first-order chi connectivity index (χ1) is 7.76. The van der Waals surface area contributed by atoms with Crippen LogP contribution in [-0.4, -0.2) is 35.7 Å². The Hall–Kier alpha value is -1.67. The lowest BCUT2D eigenvalue weighted by atomic mass is 10.3. The highest BCUT2D eigenvalue weighted by atomic mass is 19.4. The maximum absolute atomic E-state index is 12.5. The van der Waals surface area contributed by atoms with Crippen molar-refractivity contribution < 1.29 is 26.7 Å². The van der Waals surface area contributed by atoms with Gasteiger partial charge in [-0.25, -0.2) is 9.97 Å². The van der Waals surface area contributed by atoms with Crippen LogP contribution in [0.5, 0.6) is 5.88 Å². The molecule has 0 fully saturated rings. The van der Waals surface area contributed by atoms with Gasteiger partial charge in [0, 0.05) is 13.1 Å². The minimum atomic E-state index is -5.65.